The second kappa shape index (κ2) is 10.2. The molecule has 0 saturated heterocycles. The van der Waals surface area contributed by atoms with Crippen LogP contribution in [0, 0.1) is 6.92 Å². The number of amides is 1. The quantitative estimate of drug-likeness (QED) is 0.632. The molecule has 0 aliphatic carbocycles. The molecular formula is C24H33NO4. The molecule has 5 nitrogen and oxygen atoms in total. The SMILES string of the molecule is CC[C@H](Oc1ccc(OC)cc1)C(=O)N[C@@H](C)c1cc(C(C)C)c(OC)cc1C. The monoisotopic (exact) mass is 399 g/mol. The maximum Gasteiger partial charge on any atom is 0.261 e. The summed E-state index contributed by atoms with van der Waals surface area (Å²) in [7, 11) is 3.30. The van der Waals surface area contributed by atoms with Gasteiger partial charge in [0.25, 0.3) is 5.91 Å². The minimum Gasteiger partial charge on any atom is -0.497 e. The fourth-order valence-electron chi connectivity index (χ4n) is 3.34. The van der Waals surface area contributed by atoms with Crippen LogP contribution in [0.5, 0.6) is 17.2 Å². The van der Waals surface area contributed by atoms with Crippen LogP contribution in [0.3, 0.4) is 0 Å². The maximum absolute atomic E-state index is 12.9. The molecule has 2 aromatic carbocycles. The molecule has 2 rings (SSSR count). The van der Waals surface area contributed by atoms with Gasteiger partial charge in [-0.2, -0.15) is 0 Å². The highest BCUT2D eigenvalue weighted by Gasteiger charge is 2.22. The lowest BCUT2D eigenvalue weighted by Gasteiger charge is -2.23. The second-order valence-corrected chi connectivity index (χ2v) is 7.53. The highest BCUT2D eigenvalue weighted by atomic mass is 16.5. The predicted molar refractivity (Wildman–Crippen MR) is 116 cm³/mol. The van der Waals surface area contributed by atoms with Crippen molar-refractivity contribution in [2.45, 2.75) is 59.1 Å². The summed E-state index contributed by atoms with van der Waals surface area (Å²) in [6.45, 7) is 10.2. The number of ether oxygens (including phenoxy) is 3. The number of aryl methyl sites for hydroxylation is 1. The van der Waals surface area contributed by atoms with E-state index in [-0.39, 0.29) is 11.9 Å². The van der Waals surface area contributed by atoms with Gasteiger partial charge in [-0.1, -0.05) is 20.8 Å². The van der Waals surface area contributed by atoms with Crippen molar-refractivity contribution in [3.05, 3.63) is 53.1 Å². The molecule has 0 bridgehead atoms. The van der Waals surface area contributed by atoms with Crippen LogP contribution in [-0.2, 0) is 4.79 Å². The topological polar surface area (TPSA) is 56.8 Å². The van der Waals surface area contributed by atoms with Gasteiger partial charge < -0.3 is 19.5 Å². The molecule has 1 N–H and O–H groups in total. The molecular weight excluding hydrogens is 366 g/mol. The van der Waals surface area contributed by atoms with Crippen molar-refractivity contribution in [2.24, 2.45) is 0 Å². The maximum atomic E-state index is 12.9. The van der Waals surface area contributed by atoms with E-state index in [0.717, 1.165) is 28.2 Å². The Morgan fingerprint density at radius 2 is 1.59 bits per heavy atom. The fraction of sp³-hybridized carbons (Fsp3) is 0.458. The van der Waals surface area contributed by atoms with Crippen LogP contribution in [-0.4, -0.2) is 26.2 Å². The van der Waals surface area contributed by atoms with Gasteiger partial charge in [0.1, 0.15) is 17.2 Å². The number of methoxy groups -OCH3 is 2. The van der Waals surface area contributed by atoms with Crippen molar-refractivity contribution in [1.29, 1.82) is 0 Å². The first-order valence-corrected chi connectivity index (χ1v) is 10.1. The summed E-state index contributed by atoms with van der Waals surface area (Å²) in [6, 6.07) is 11.3. The largest absolute Gasteiger partial charge is 0.497 e. The van der Waals surface area contributed by atoms with Gasteiger partial charge in [0.15, 0.2) is 6.10 Å². The second-order valence-electron chi connectivity index (χ2n) is 7.53. The van der Waals surface area contributed by atoms with E-state index in [1.54, 1.807) is 26.4 Å². The normalized spacial score (nSPS) is 13.0. The summed E-state index contributed by atoms with van der Waals surface area (Å²) in [5.74, 6) is 2.47. The summed E-state index contributed by atoms with van der Waals surface area (Å²) in [6.07, 6.45) is 0.0117. The van der Waals surface area contributed by atoms with E-state index in [0.29, 0.717) is 18.1 Å². The van der Waals surface area contributed by atoms with Crippen LogP contribution in [0.25, 0.3) is 0 Å². The summed E-state index contributed by atoms with van der Waals surface area (Å²) < 4.78 is 16.6. The number of benzene rings is 2. The summed E-state index contributed by atoms with van der Waals surface area (Å²) in [5.41, 5.74) is 3.31. The summed E-state index contributed by atoms with van der Waals surface area (Å²) >= 11 is 0. The molecule has 0 saturated carbocycles. The Labute approximate surface area is 174 Å². The van der Waals surface area contributed by atoms with Crippen LogP contribution in [0.4, 0.5) is 0 Å². The summed E-state index contributed by atoms with van der Waals surface area (Å²) in [4.78, 5) is 12.9. The van der Waals surface area contributed by atoms with Crippen molar-refractivity contribution >= 4 is 5.91 Å². The van der Waals surface area contributed by atoms with Crippen LogP contribution in [0.1, 0.15) is 62.8 Å². The molecule has 1 amide bonds. The van der Waals surface area contributed by atoms with Gasteiger partial charge in [-0.3, -0.25) is 4.79 Å². The van der Waals surface area contributed by atoms with Gasteiger partial charge in [-0.25, -0.2) is 0 Å². The van der Waals surface area contributed by atoms with Crippen LogP contribution < -0.4 is 19.5 Å². The van der Waals surface area contributed by atoms with E-state index in [1.165, 1.54) is 0 Å². The average molecular weight is 400 g/mol. The van der Waals surface area contributed by atoms with Gasteiger partial charge in [0.05, 0.1) is 20.3 Å². The predicted octanol–water partition coefficient (Wildman–Crippen LogP) is 5.17. The van der Waals surface area contributed by atoms with Crippen LogP contribution in [0.2, 0.25) is 0 Å². The number of carbonyl (C=O) groups excluding carboxylic acids is 1. The van der Waals surface area contributed by atoms with Crippen molar-refractivity contribution in [1.82, 2.24) is 5.32 Å². The molecule has 0 aliphatic rings. The molecule has 5 heteroatoms. The molecule has 0 aliphatic heterocycles. The van der Waals surface area contributed by atoms with E-state index >= 15 is 0 Å². The van der Waals surface area contributed by atoms with Gasteiger partial charge in [-0.05, 0) is 79.3 Å². The molecule has 0 unspecified atom stereocenters. The van der Waals surface area contributed by atoms with E-state index in [4.69, 9.17) is 14.2 Å². The molecule has 0 radical (unpaired) electrons. The Bertz CT molecular complexity index is 814. The van der Waals surface area contributed by atoms with E-state index in [1.807, 2.05) is 39.0 Å². The fourth-order valence-corrected chi connectivity index (χ4v) is 3.34. The summed E-state index contributed by atoms with van der Waals surface area (Å²) in [5, 5.41) is 3.11. The van der Waals surface area contributed by atoms with Gasteiger partial charge >= 0.3 is 0 Å². The third-order valence-corrected chi connectivity index (χ3v) is 5.07. The molecule has 2 atom stereocenters. The molecule has 29 heavy (non-hydrogen) atoms. The minimum atomic E-state index is -0.561. The average Bonchev–Trinajstić information content (AvgIpc) is 2.71. The first-order valence-electron chi connectivity index (χ1n) is 10.1. The van der Waals surface area contributed by atoms with Gasteiger partial charge in [0.2, 0.25) is 0 Å². The molecule has 2 aromatic rings. The first-order chi connectivity index (χ1) is 13.8. The first kappa shape index (κ1) is 22.6. The third-order valence-electron chi connectivity index (χ3n) is 5.07. The Kier molecular flexibility index (Phi) is 7.94. The number of nitrogens with one attached hydrogen (secondary N) is 1. The third kappa shape index (κ3) is 5.66. The molecule has 0 spiro atoms. The number of carbonyl (C=O) groups is 1. The standard InChI is InChI=1S/C24H33NO4/c1-8-22(29-19-11-9-18(27-6)10-12-19)24(26)25-17(5)21-14-20(15(2)3)23(28-7)13-16(21)4/h9-15,17,22H,8H2,1-7H3,(H,25,26)/t17-,22-/m0/s1. The molecule has 0 fully saturated rings. The Balaban J connectivity index is 2.14. The molecule has 158 valence electrons. The highest BCUT2D eigenvalue weighted by Crippen LogP contribution is 2.32. The minimum absolute atomic E-state index is 0.128. The zero-order chi connectivity index (χ0) is 21.6. The molecule has 0 heterocycles. The zero-order valence-electron chi connectivity index (χ0n) is 18.5. The lowest BCUT2D eigenvalue weighted by atomic mass is 9.93. The lowest BCUT2D eigenvalue weighted by molar-refractivity contribution is -0.128. The Morgan fingerprint density at radius 3 is 2.10 bits per heavy atom. The van der Waals surface area contributed by atoms with Crippen molar-refractivity contribution in [2.75, 3.05) is 14.2 Å². The van der Waals surface area contributed by atoms with E-state index in [2.05, 4.69) is 25.2 Å². The number of hydrogen-bond acceptors (Lipinski definition) is 4. The number of hydrogen-bond donors (Lipinski definition) is 1. The van der Waals surface area contributed by atoms with Crippen molar-refractivity contribution in [3.63, 3.8) is 0 Å². The van der Waals surface area contributed by atoms with E-state index in [9.17, 15) is 4.79 Å². The number of rotatable bonds is 9. The zero-order valence-corrected chi connectivity index (χ0v) is 18.5. The van der Waals surface area contributed by atoms with Crippen LogP contribution >= 0.6 is 0 Å². The lowest BCUT2D eigenvalue weighted by Crippen LogP contribution is -2.39. The van der Waals surface area contributed by atoms with Gasteiger partial charge in [0, 0.05) is 0 Å². The van der Waals surface area contributed by atoms with Crippen molar-refractivity contribution in [3.8, 4) is 17.2 Å². The van der Waals surface area contributed by atoms with Gasteiger partial charge in [-0.15, -0.1) is 0 Å². The highest BCUT2D eigenvalue weighted by molar-refractivity contribution is 5.81. The Morgan fingerprint density at radius 1 is 0.966 bits per heavy atom. The van der Waals surface area contributed by atoms with E-state index < -0.39 is 6.10 Å². The molecule has 0 aromatic heterocycles. The van der Waals surface area contributed by atoms with Crippen LogP contribution in [0.15, 0.2) is 36.4 Å². The Hall–Kier alpha value is -2.69. The van der Waals surface area contributed by atoms with Crippen molar-refractivity contribution < 1.29 is 19.0 Å². The smallest absolute Gasteiger partial charge is 0.261 e.